The summed E-state index contributed by atoms with van der Waals surface area (Å²) >= 11 is 5.79. The molecule has 3 rings (SSSR count). The van der Waals surface area contributed by atoms with E-state index < -0.39 is 0 Å². The Bertz CT molecular complexity index is 693. The maximum absolute atomic E-state index is 11.8. The Kier molecular flexibility index (Phi) is 5.28. The van der Waals surface area contributed by atoms with E-state index in [2.05, 4.69) is 10.6 Å². The summed E-state index contributed by atoms with van der Waals surface area (Å²) in [4.78, 5) is 11.8. The molecule has 0 aromatic heterocycles. The van der Waals surface area contributed by atoms with Crippen LogP contribution in [0, 0.1) is 0 Å². The number of benzene rings is 2. The van der Waals surface area contributed by atoms with Crippen LogP contribution < -0.4 is 24.8 Å². The van der Waals surface area contributed by atoms with Crippen molar-refractivity contribution in [2.24, 2.45) is 0 Å². The lowest BCUT2D eigenvalue weighted by Crippen LogP contribution is -2.45. The second-order valence-corrected chi connectivity index (χ2v) is 5.56. The van der Waals surface area contributed by atoms with Crippen molar-refractivity contribution >= 4 is 17.6 Å². The van der Waals surface area contributed by atoms with Crippen LogP contribution in [0.4, 0.5) is 4.79 Å². The van der Waals surface area contributed by atoms with E-state index in [0.29, 0.717) is 29.7 Å². The maximum atomic E-state index is 11.8. The van der Waals surface area contributed by atoms with Crippen LogP contribution >= 0.6 is 11.6 Å². The fraction of sp³-hybridized carbons (Fsp3) is 0.235. The van der Waals surface area contributed by atoms with Crippen molar-refractivity contribution in [3.63, 3.8) is 0 Å². The average Bonchev–Trinajstić information content (AvgIpc) is 2.61. The van der Waals surface area contributed by atoms with Gasteiger partial charge in [-0.25, -0.2) is 4.79 Å². The summed E-state index contributed by atoms with van der Waals surface area (Å²) in [6.45, 7) is 0.776. The molecule has 24 heavy (non-hydrogen) atoms. The van der Waals surface area contributed by atoms with Gasteiger partial charge in [0.25, 0.3) is 0 Å². The minimum absolute atomic E-state index is 0.0539. The van der Waals surface area contributed by atoms with Gasteiger partial charge in [-0.1, -0.05) is 23.7 Å². The number of hydrogen-bond donors (Lipinski definition) is 2. The van der Waals surface area contributed by atoms with Crippen LogP contribution in [0.1, 0.15) is 0 Å². The quantitative estimate of drug-likeness (QED) is 0.815. The summed E-state index contributed by atoms with van der Waals surface area (Å²) in [5, 5.41) is 5.95. The first-order valence-corrected chi connectivity index (χ1v) is 7.87. The summed E-state index contributed by atoms with van der Waals surface area (Å²) in [5.74, 6) is 2.02. The monoisotopic (exact) mass is 348 g/mol. The number of para-hydroxylation sites is 2. The number of rotatable bonds is 5. The van der Waals surface area contributed by atoms with Crippen LogP contribution in [0.3, 0.4) is 0 Å². The van der Waals surface area contributed by atoms with E-state index in [0.717, 1.165) is 5.75 Å². The van der Waals surface area contributed by atoms with E-state index in [1.54, 1.807) is 24.3 Å². The number of fused-ring (bicyclic) bond motifs is 1. The number of urea groups is 1. The third kappa shape index (κ3) is 4.45. The first-order valence-electron chi connectivity index (χ1n) is 7.49. The van der Waals surface area contributed by atoms with Gasteiger partial charge in [0.05, 0.1) is 6.54 Å². The van der Waals surface area contributed by atoms with Crippen LogP contribution in [0.15, 0.2) is 48.5 Å². The lowest BCUT2D eigenvalue weighted by molar-refractivity contribution is 0.0915. The molecule has 2 aromatic rings. The SMILES string of the molecule is O=C(NCOc1ccc(Cl)cc1)NCC1COc2ccccc2O1. The Morgan fingerprint density at radius 2 is 1.88 bits per heavy atom. The van der Waals surface area contributed by atoms with Gasteiger partial charge >= 0.3 is 6.03 Å². The van der Waals surface area contributed by atoms with Gasteiger partial charge in [0.15, 0.2) is 24.3 Å². The highest BCUT2D eigenvalue weighted by molar-refractivity contribution is 6.30. The number of amides is 2. The van der Waals surface area contributed by atoms with E-state index in [-0.39, 0.29) is 18.9 Å². The van der Waals surface area contributed by atoms with Gasteiger partial charge in [-0.3, -0.25) is 0 Å². The lowest BCUT2D eigenvalue weighted by Gasteiger charge is -2.26. The molecule has 1 heterocycles. The molecule has 2 N–H and O–H groups in total. The van der Waals surface area contributed by atoms with Crippen molar-refractivity contribution < 1.29 is 19.0 Å². The average molecular weight is 349 g/mol. The molecular formula is C17H17ClN2O4. The fourth-order valence-corrected chi connectivity index (χ4v) is 2.27. The zero-order valence-electron chi connectivity index (χ0n) is 12.8. The summed E-state index contributed by atoms with van der Waals surface area (Å²) in [6.07, 6.45) is -0.233. The number of carbonyl (C=O) groups excluding carboxylic acids is 1. The Morgan fingerprint density at radius 3 is 2.67 bits per heavy atom. The molecule has 0 aliphatic carbocycles. The van der Waals surface area contributed by atoms with E-state index >= 15 is 0 Å². The van der Waals surface area contributed by atoms with Gasteiger partial charge < -0.3 is 24.8 Å². The molecule has 126 valence electrons. The largest absolute Gasteiger partial charge is 0.486 e. The summed E-state index contributed by atoms with van der Waals surface area (Å²) < 4.78 is 16.7. The topological polar surface area (TPSA) is 68.8 Å². The molecule has 0 bridgehead atoms. The first-order chi connectivity index (χ1) is 11.7. The molecule has 1 aliphatic rings. The van der Waals surface area contributed by atoms with Crippen molar-refractivity contribution in [1.82, 2.24) is 10.6 Å². The van der Waals surface area contributed by atoms with E-state index in [1.807, 2.05) is 24.3 Å². The molecule has 0 spiro atoms. The number of carbonyl (C=O) groups is 1. The third-order valence-corrected chi connectivity index (χ3v) is 3.59. The van der Waals surface area contributed by atoms with Crippen molar-refractivity contribution in [2.75, 3.05) is 19.9 Å². The second-order valence-electron chi connectivity index (χ2n) is 5.13. The highest BCUT2D eigenvalue weighted by atomic mass is 35.5. The Labute approximate surface area is 144 Å². The maximum Gasteiger partial charge on any atom is 0.317 e. The van der Waals surface area contributed by atoms with Gasteiger partial charge in [-0.05, 0) is 36.4 Å². The smallest absolute Gasteiger partial charge is 0.317 e. The van der Waals surface area contributed by atoms with Crippen LogP contribution in [-0.2, 0) is 0 Å². The minimum atomic E-state index is -0.341. The molecule has 0 fully saturated rings. The predicted octanol–water partition coefficient (Wildman–Crippen LogP) is 2.82. The molecular weight excluding hydrogens is 332 g/mol. The van der Waals surface area contributed by atoms with Crippen molar-refractivity contribution in [3.8, 4) is 17.2 Å². The molecule has 2 aromatic carbocycles. The molecule has 2 amide bonds. The fourth-order valence-electron chi connectivity index (χ4n) is 2.15. The molecule has 1 atom stereocenters. The van der Waals surface area contributed by atoms with Gasteiger partial charge in [-0.2, -0.15) is 0 Å². The zero-order chi connectivity index (χ0) is 16.8. The Hall–Kier alpha value is -2.60. The number of hydrogen-bond acceptors (Lipinski definition) is 4. The molecule has 7 heteroatoms. The molecule has 6 nitrogen and oxygen atoms in total. The standard InChI is InChI=1S/C17H17ClN2O4/c18-12-5-7-13(8-6-12)23-11-20-17(21)19-9-14-10-22-15-3-1-2-4-16(15)24-14/h1-8,14H,9-11H2,(H2,19,20,21). The molecule has 0 saturated heterocycles. The third-order valence-electron chi connectivity index (χ3n) is 3.34. The molecule has 0 radical (unpaired) electrons. The number of ether oxygens (including phenoxy) is 3. The minimum Gasteiger partial charge on any atom is -0.486 e. The van der Waals surface area contributed by atoms with Crippen LogP contribution in [0.5, 0.6) is 17.2 Å². The van der Waals surface area contributed by atoms with Crippen molar-refractivity contribution in [2.45, 2.75) is 6.10 Å². The molecule has 1 aliphatic heterocycles. The van der Waals surface area contributed by atoms with Crippen LogP contribution in [-0.4, -0.2) is 32.0 Å². The summed E-state index contributed by atoms with van der Waals surface area (Å²) in [7, 11) is 0. The van der Waals surface area contributed by atoms with Crippen LogP contribution in [0.25, 0.3) is 0 Å². The number of halogens is 1. The van der Waals surface area contributed by atoms with Gasteiger partial charge in [0, 0.05) is 5.02 Å². The summed E-state index contributed by atoms with van der Waals surface area (Å²) in [6, 6.07) is 14.0. The van der Waals surface area contributed by atoms with E-state index in [4.69, 9.17) is 25.8 Å². The van der Waals surface area contributed by atoms with Crippen molar-refractivity contribution in [1.29, 1.82) is 0 Å². The summed E-state index contributed by atoms with van der Waals surface area (Å²) in [5.41, 5.74) is 0. The normalized spacial score (nSPS) is 15.5. The van der Waals surface area contributed by atoms with Gasteiger partial charge in [0.2, 0.25) is 0 Å². The zero-order valence-corrected chi connectivity index (χ0v) is 13.6. The second kappa shape index (κ2) is 7.79. The first kappa shape index (κ1) is 16.3. The number of nitrogens with one attached hydrogen (secondary N) is 2. The Balaban J connectivity index is 1.36. The Morgan fingerprint density at radius 1 is 1.12 bits per heavy atom. The molecule has 0 saturated carbocycles. The van der Waals surface area contributed by atoms with E-state index in [1.165, 1.54) is 0 Å². The highest BCUT2D eigenvalue weighted by Crippen LogP contribution is 2.30. The predicted molar refractivity (Wildman–Crippen MR) is 89.8 cm³/mol. The van der Waals surface area contributed by atoms with Crippen LogP contribution in [0.2, 0.25) is 5.02 Å². The van der Waals surface area contributed by atoms with Gasteiger partial charge in [-0.15, -0.1) is 0 Å². The van der Waals surface area contributed by atoms with Gasteiger partial charge in [0.1, 0.15) is 12.4 Å². The molecule has 1 unspecified atom stereocenters. The van der Waals surface area contributed by atoms with Crippen molar-refractivity contribution in [3.05, 3.63) is 53.6 Å². The lowest BCUT2D eigenvalue weighted by atomic mass is 10.2. The highest BCUT2D eigenvalue weighted by Gasteiger charge is 2.20. The van der Waals surface area contributed by atoms with E-state index in [9.17, 15) is 4.79 Å².